The summed E-state index contributed by atoms with van der Waals surface area (Å²) in [5.74, 6) is -0.284. The van der Waals surface area contributed by atoms with E-state index in [9.17, 15) is 18.3 Å². The van der Waals surface area contributed by atoms with Crippen LogP contribution in [0.2, 0.25) is 4.47 Å². The van der Waals surface area contributed by atoms with Crippen molar-refractivity contribution in [3.05, 3.63) is 37.7 Å². The van der Waals surface area contributed by atoms with E-state index in [1.165, 1.54) is 17.5 Å². The molecule has 108 valence electrons. The maximum Gasteiger partial charge on any atom is 0.416 e. The van der Waals surface area contributed by atoms with Crippen LogP contribution in [0.25, 0.3) is 0 Å². The summed E-state index contributed by atoms with van der Waals surface area (Å²) in [4.78, 5) is 4.56. The average molecular weight is 388 g/mol. The lowest BCUT2D eigenvalue weighted by Crippen LogP contribution is -2.07. The fourth-order valence-electron chi connectivity index (χ4n) is 1.45. The summed E-state index contributed by atoms with van der Waals surface area (Å²) in [5, 5.41) is 12.5. The van der Waals surface area contributed by atoms with Gasteiger partial charge >= 0.3 is 6.18 Å². The van der Waals surface area contributed by atoms with Gasteiger partial charge in [-0.3, -0.25) is 0 Å². The molecule has 0 fully saturated rings. The molecule has 20 heavy (non-hydrogen) atoms. The number of thiazole rings is 1. The van der Waals surface area contributed by atoms with Crippen molar-refractivity contribution in [1.82, 2.24) is 4.98 Å². The van der Waals surface area contributed by atoms with Gasteiger partial charge in [-0.1, -0.05) is 11.6 Å². The summed E-state index contributed by atoms with van der Waals surface area (Å²) in [6.07, 6.45) is -2.97. The van der Waals surface area contributed by atoms with Gasteiger partial charge in [0.05, 0.1) is 22.3 Å². The van der Waals surface area contributed by atoms with E-state index in [2.05, 4.69) is 26.2 Å². The van der Waals surface area contributed by atoms with Gasteiger partial charge in [0.15, 0.2) is 10.2 Å². The minimum absolute atomic E-state index is 0.0174. The molecule has 3 nitrogen and oxygen atoms in total. The van der Waals surface area contributed by atoms with Gasteiger partial charge in [-0.05, 0) is 28.1 Å². The molecule has 2 rings (SSSR count). The summed E-state index contributed by atoms with van der Waals surface area (Å²) < 4.78 is 38.4. The first-order valence-electron chi connectivity index (χ1n) is 5.21. The van der Waals surface area contributed by atoms with Crippen LogP contribution in [0.4, 0.5) is 18.9 Å². The highest BCUT2D eigenvalue weighted by Gasteiger charge is 2.32. The third-order valence-corrected chi connectivity index (χ3v) is 4.09. The van der Waals surface area contributed by atoms with E-state index in [0.29, 0.717) is 4.47 Å². The molecule has 0 aliphatic heterocycles. The maximum atomic E-state index is 12.7. The van der Waals surface area contributed by atoms with Crippen LogP contribution in [0.3, 0.4) is 0 Å². The first-order chi connectivity index (χ1) is 9.27. The van der Waals surface area contributed by atoms with Gasteiger partial charge in [0, 0.05) is 11.1 Å². The Kier molecular flexibility index (Phi) is 4.46. The molecule has 0 radical (unpaired) electrons. The number of aromatic nitrogens is 1. The lowest BCUT2D eigenvalue weighted by Gasteiger charge is -2.13. The van der Waals surface area contributed by atoms with Crippen LogP contribution in [-0.2, 0) is 12.7 Å². The van der Waals surface area contributed by atoms with E-state index in [-0.39, 0.29) is 22.5 Å². The Bertz CT molecular complexity index is 633. The molecule has 0 amide bonds. The summed E-state index contributed by atoms with van der Waals surface area (Å²) >= 11 is 9.76. The van der Waals surface area contributed by atoms with E-state index in [1.54, 1.807) is 0 Å². The number of alkyl halides is 3. The zero-order valence-corrected chi connectivity index (χ0v) is 12.8. The number of phenolic OH excluding ortho intramolecular Hbond substituents is 1. The molecule has 0 saturated carbocycles. The quantitative estimate of drug-likeness (QED) is 0.737. The fraction of sp³-hybridized carbons (Fsp3) is 0.182. The van der Waals surface area contributed by atoms with Crippen molar-refractivity contribution in [3.63, 3.8) is 0 Å². The number of nitrogens with zero attached hydrogens (tertiary/aromatic N) is 1. The lowest BCUT2D eigenvalue weighted by molar-refractivity contribution is -0.137. The van der Waals surface area contributed by atoms with E-state index >= 15 is 0 Å². The number of phenols is 1. The Balaban J connectivity index is 2.24. The molecule has 0 saturated heterocycles. The van der Waals surface area contributed by atoms with Gasteiger partial charge < -0.3 is 10.4 Å². The predicted molar refractivity (Wildman–Crippen MR) is 75.3 cm³/mol. The van der Waals surface area contributed by atoms with Crippen molar-refractivity contribution >= 4 is 44.6 Å². The normalized spacial score (nSPS) is 11.7. The van der Waals surface area contributed by atoms with Crippen LogP contribution in [0.15, 0.2) is 22.8 Å². The molecule has 0 spiro atoms. The Morgan fingerprint density at radius 2 is 2.10 bits per heavy atom. The highest BCUT2D eigenvalue weighted by Crippen LogP contribution is 2.39. The summed E-state index contributed by atoms with van der Waals surface area (Å²) in [6.45, 7) is 0.214. The summed E-state index contributed by atoms with van der Waals surface area (Å²) in [7, 11) is 0. The fourth-order valence-corrected chi connectivity index (χ4v) is 2.82. The standard InChI is InChI=1S/C11H7BrClF3N2OS/c12-7-1-5(11(14,15)16)2-8(9(7)19)17-3-6-4-18-10(13)20-6/h1-2,4,17,19H,3H2. The zero-order chi connectivity index (χ0) is 14.9. The Morgan fingerprint density at radius 1 is 1.40 bits per heavy atom. The van der Waals surface area contributed by atoms with Crippen LogP contribution in [-0.4, -0.2) is 10.1 Å². The van der Waals surface area contributed by atoms with Crippen LogP contribution >= 0.6 is 38.9 Å². The molecule has 1 heterocycles. The summed E-state index contributed by atoms with van der Waals surface area (Å²) in [5.41, 5.74) is -0.872. The predicted octanol–water partition coefficient (Wildman–Crippen LogP) is 4.90. The molecule has 2 aromatic rings. The zero-order valence-electron chi connectivity index (χ0n) is 9.63. The first kappa shape index (κ1) is 15.4. The van der Waals surface area contributed by atoms with Crippen LogP contribution in [0, 0.1) is 0 Å². The topological polar surface area (TPSA) is 45.1 Å². The van der Waals surface area contributed by atoms with Crippen LogP contribution in [0.1, 0.15) is 10.4 Å². The molecule has 1 aromatic heterocycles. The van der Waals surface area contributed by atoms with Gasteiger partial charge in [0.1, 0.15) is 0 Å². The van der Waals surface area contributed by atoms with Gasteiger partial charge in [0.2, 0.25) is 0 Å². The maximum absolute atomic E-state index is 12.7. The Labute approximate surface area is 129 Å². The van der Waals surface area contributed by atoms with Crippen molar-refractivity contribution in [2.45, 2.75) is 12.7 Å². The number of hydrogen-bond donors (Lipinski definition) is 2. The molecule has 1 aromatic carbocycles. The minimum Gasteiger partial charge on any atom is -0.505 e. The first-order valence-corrected chi connectivity index (χ1v) is 7.20. The molecule has 2 N–H and O–H groups in total. The second-order valence-corrected chi connectivity index (χ2v) is 6.34. The number of hydrogen-bond acceptors (Lipinski definition) is 4. The molecule has 9 heteroatoms. The van der Waals surface area contributed by atoms with Crippen LogP contribution < -0.4 is 5.32 Å². The van der Waals surface area contributed by atoms with Crippen molar-refractivity contribution in [1.29, 1.82) is 0 Å². The second kappa shape index (κ2) is 5.79. The third kappa shape index (κ3) is 3.56. The monoisotopic (exact) mass is 386 g/mol. The van der Waals surface area contributed by atoms with Crippen molar-refractivity contribution in [2.24, 2.45) is 0 Å². The number of nitrogens with one attached hydrogen (secondary N) is 1. The molecule has 0 unspecified atom stereocenters. The molecule has 0 aliphatic carbocycles. The largest absolute Gasteiger partial charge is 0.505 e. The minimum atomic E-state index is -4.49. The van der Waals surface area contributed by atoms with E-state index < -0.39 is 11.7 Å². The summed E-state index contributed by atoms with van der Waals surface area (Å²) in [6, 6.07) is 1.67. The van der Waals surface area contributed by atoms with Gasteiger partial charge in [0.25, 0.3) is 0 Å². The highest BCUT2D eigenvalue weighted by molar-refractivity contribution is 9.10. The Hall–Kier alpha value is -0.990. The molecular weight excluding hydrogens is 381 g/mol. The molecule has 0 aliphatic rings. The van der Waals surface area contributed by atoms with E-state index in [4.69, 9.17) is 11.6 Å². The SMILES string of the molecule is Oc1c(Br)cc(C(F)(F)F)cc1NCc1cnc(Cl)s1. The van der Waals surface area contributed by atoms with Gasteiger partial charge in [-0.2, -0.15) is 13.2 Å². The van der Waals surface area contributed by atoms with Gasteiger partial charge in [-0.25, -0.2) is 4.98 Å². The average Bonchev–Trinajstić information content (AvgIpc) is 2.75. The van der Waals surface area contributed by atoms with Crippen molar-refractivity contribution in [2.75, 3.05) is 5.32 Å². The van der Waals surface area contributed by atoms with E-state index in [0.717, 1.165) is 17.0 Å². The number of halogens is 5. The van der Waals surface area contributed by atoms with Crippen molar-refractivity contribution in [3.8, 4) is 5.75 Å². The molecule has 0 bridgehead atoms. The number of aromatic hydroxyl groups is 1. The number of rotatable bonds is 3. The highest BCUT2D eigenvalue weighted by atomic mass is 79.9. The van der Waals surface area contributed by atoms with Crippen LogP contribution in [0.5, 0.6) is 5.75 Å². The lowest BCUT2D eigenvalue weighted by atomic mass is 10.1. The number of benzene rings is 1. The second-order valence-electron chi connectivity index (χ2n) is 3.79. The number of anilines is 1. The van der Waals surface area contributed by atoms with E-state index in [1.807, 2.05) is 0 Å². The molecule has 0 atom stereocenters. The van der Waals surface area contributed by atoms with Crippen molar-refractivity contribution < 1.29 is 18.3 Å². The molecular formula is C11H7BrClF3N2OS. The third-order valence-electron chi connectivity index (χ3n) is 2.37. The Morgan fingerprint density at radius 3 is 2.65 bits per heavy atom. The smallest absolute Gasteiger partial charge is 0.416 e. The van der Waals surface area contributed by atoms with Gasteiger partial charge in [-0.15, -0.1) is 11.3 Å².